The maximum Gasteiger partial charge on any atom is 0.319 e. The van der Waals surface area contributed by atoms with Gasteiger partial charge in [0.1, 0.15) is 35.4 Å². The molecule has 12 heteroatoms. The third-order valence-corrected chi connectivity index (χ3v) is 7.57. The highest BCUT2D eigenvalue weighted by Gasteiger charge is 2.56. The zero-order valence-corrected chi connectivity index (χ0v) is 18.9. The van der Waals surface area contributed by atoms with Crippen LogP contribution in [0.15, 0.2) is 0 Å². The fourth-order valence-corrected chi connectivity index (χ4v) is 5.88. The molecule has 5 atom stereocenters. The Morgan fingerprint density at radius 2 is 2.06 bits per heavy atom. The van der Waals surface area contributed by atoms with Gasteiger partial charge in [0.2, 0.25) is 0 Å². The highest BCUT2D eigenvalue weighted by Crippen LogP contribution is 2.46. The number of pyridine rings is 1. The van der Waals surface area contributed by atoms with Crippen LogP contribution in [-0.4, -0.2) is 83.2 Å². The lowest BCUT2D eigenvalue weighted by atomic mass is 9.95. The van der Waals surface area contributed by atoms with Gasteiger partial charge in [-0.2, -0.15) is 9.97 Å². The van der Waals surface area contributed by atoms with E-state index in [2.05, 4.69) is 15.0 Å². The van der Waals surface area contributed by atoms with Gasteiger partial charge in [-0.15, -0.1) is 0 Å². The van der Waals surface area contributed by atoms with Gasteiger partial charge in [0.25, 0.3) is 0 Å². The lowest BCUT2D eigenvalue weighted by molar-refractivity contribution is 0.107. The summed E-state index contributed by atoms with van der Waals surface area (Å²) in [6, 6.07) is -1.04. The van der Waals surface area contributed by atoms with Gasteiger partial charge < -0.3 is 14.4 Å². The van der Waals surface area contributed by atoms with Gasteiger partial charge in [-0.25, -0.2) is 18.2 Å². The fraction of sp³-hybridized carbons (Fsp3) is 0.667. The highest BCUT2D eigenvalue weighted by molar-refractivity contribution is 6.37. The minimum Gasteiger partial charge on any atom is -0.461 e. The van der Waals surface area contributed by atoms with Crippen molar-refractivity contribution in [1.29, 1.82) is 0 Å². The standard InChI is InChI=1S/C21H22Cl2F3N5O2/c22-17-12-15(14(26)18(23)28-17)27-20(33-9-21-2-1-3-30(21)7-10(24)6-21)29-19(12)31-4-5-32-8-11-13(25)16(11)31/h10-11,13,16H,1-9H2/t10-,11+,13+,16+,21+/m1/s1/i9D2. The van der Waals surface area contributed by atoms with Crippen molar-refractivity contribution in [2.24, 2.45) is 5.92 Å². The van der Waals surface area contributed by atoms with E-state index in [1.54, 1.807) is 9.80 Å². The number of nitrogens with zero attached hydrogens (tertiary/aromatic N) is 5. The number of aromatic nitrogens is 3. The summed E-state index contributed by atoms with van der Waals surface area (Å²) in [5.41, 5.74) is -1.52. The van der Waals surface area contributed by atoms with E-state index in [-0.39, 0.29) is 60.5 Å². The van der Waals surface area contributed by atoms with Gasteiger partial charge in [-0.05, 0) is 19.4 Å². The number of hydrogen-bond acceptors (Lipinski definition) is 7. The first-order valence-corrected chi connectivity index (χ1v) is 11.7. The second-order valence-corrected chi connectivity index (χ2v) is 9.73. The Morgan fingerprint density at radius 1 is 1.21 bits per heavy atom. The molecule has 7 nitrogen and oxygen atoms in total. The van der Waals surface area contributed by atoms with E-state index in [9.17, 15) is 8.78 Å². The highest BCUT2D eigenvalue weighted by atomic mass is 35.5. The maximum atomic E-state index is 15.1. The summed E-state index contributed by atoms with van der Waals surface area (Å²) in [4.78, 5) is 15.7. The van der Waals surface area contributed by atoms with Crippen LogP contribution in [0.5, 0.6) is 6.01 Å². The van der Waals surface area contributed by atoms with Crippen LogP contribution < -0.4 is 9.64 Å². The predicted molar refractivity (Wildman–Crippen MR) is 116 cm³/mol. The molecule has 33 heavy (non-hydrogen) atoms. The fourth-order valence-electron chi connectivity index (χ4n) is 5.41. The van der Waals surface area contributed by atoms with Crippen molar-refractivity contribution in [3.8, 4) is 6.01 Å². The van der Waals surface area contributed by atoms with E-state index in [1.807, 2.05) is 0 Å². The van der Waals surface area contributed by atoms with Crippen molar-refractivity contribution in [1.82, 2.24) is 19.9 Å². The van der Waals surface area contributed by atoms with Crippen LogP contribution in [0.1, 0.15) is 22.0 Å². The monoisotopic (exact) mass is 505 g/mol. The third kappa shape index (κ3) is 3.52. The largest absolute Gasteiger partial charge is 0.461 e. The third-order valence-electron chi connectivity index (χ3n) is 7.05. The van der Waals surface area contributed by atoms with E-state index in [0.29, 0.717) is 19.4 Å². The topological polar surface area (TPSA) is 63.6 Å². The predicted octanol–water partition coefficient (Wildman–Crippen LogP) is 3.60. The van der Waals surface area contributed by atoms with Crippen LogP contribution in [-0.2, 0) is 4.74 Å². The molecule has 6 rings (SSSR count). The van der Waals surface area contributed by atoms with Crippen LogP contribution in [0.25, 0.3) is 10.9 Å². The average molecular weight is 506 g/mol. The zero-order valence-electron chi connectivity index (χ0n) is 19.4. The molecule has 5 heterocycles. The molecule has 0 bridgehead atoms. The van der Waals surface area contributed by atoms with Crippen LogP contribution >= 0.6 is 23.2 Å². The molecule has 4 aliphatic rings. The molecular formula is C21H22Cl2F3N5O2. The van der Waals surface area contributed by atoms with Crippen LogP contribution in [0, 0.1) is 11.7 Å². The Balaban J connectivity index is 1.47. The van der Waals surface area contributed by atoms with Gasteiger partial charge in [-0.1, -0.05) is 23.2 Å². The number of ether oxygens (including phenoxy) is 2. The molecule has 2 aromatic heterocycles. The van der Waals surface area contributed by atoms with Crippen molar-refractivity contribution in [2.75, 3.05) is 44.3 Å². The molecule has 3 saturated heterocycles. The average Bonchev–Trinajstić information content (AvgIpc) is 3.14. The molecule has 2 aromatic rings. The first kappa shape index (κ1) is 19.7. The Morgan fingerprint density at radius 3 is 2.91 bits per heavy atom. The number of anilines is 1. The zero-order chi connectivity index (χ0) is 24.7. The minimum atomic E-state index is -2.39. The SMILES string of the molecule is [2H]C([2H])(Oc1nc(N2CCOC[C@H]3[C@H](F)[C@H]32)c2c(Cl)nc(Cl)c(F)c2n1)[C@@]12CCCN1C[C@H](F)C2. The number of rotatable bonds is 4. The van der Waals surface area contributed by atoms with E-state index in [0.717, 1.165) is 0 Å². The maximum absolute atomic E-state index is 15.1. The van der Waals surface area contributed by atoms with Crippen molar-refractivity contribution in [2.45, 2.75) is 43.2 Å². The lowest BCUT2D eigenvalue weighted by Gasteiger charge is -2.31. The summed E-state index contributed by atoms with van der Waals surface area (Å²) in [6.45, 7) is -0.966. The molecule has 4 fully saturated rings. The van der Waals surface area contributed by atoms with Crippen molar-refractivity contribution < 1.29 is 25.4 Å². The van der Waals surface area contributed by atoms with Crippen LogP contribution in [0.2, 0.25) is 10.3 Å². The quantitative estimate of drug-likeness (QED) is 0.588. The van der Waals surface area contributed by atoms with E-state index in [4.69, 9.17) is 35.4 Å². The van der Waals surface area contributed by atoms with Gasteiger partial charge in [0, 0.05) is 25.4 Å². The molecular weight excluding hydrogens is 482 g/mol. The molecule has 0 N–H and O–H groups in total. The molecule has 0 amide bonds. The molecule has 178 valence electrons. The second-order valence-electron chi connectivity index (χ2n) is 9.01. The number of alkyl halides is 2. The Hall–Kier alpha value is -1.62. The first-order chi connectivity index (χ1) is 16.6. The first-order valence-electron chi connectivity index (χ1n) is 11.9. The van der Waals surface area contributed by atoms with Crippen molar-refractivity contribution in [3.05, 3.63) is 16.1 Å². The van der Waals surface area contributed by atoms with Gasteiger partial charge >= 0.3 is 6.01 Å². The summed E-state index contributed by atoms with van der Waals surface area (Å²) in [5, 5.41) is -0.679. The summed E-state index contributed by atoms with van der Waals surface area (Å²) < 4.78 is 72.7. The Labute approximate surface area is 201 Å². The van der Waals surface area contributed by atoms with E-state index < -0.39 is 47.5 Å². The van der Waals surface area contributed by atoms with Gasteiger partial charge in [0.15, 0.2) is 11.0 Å². The normalized spacial score (nSPS) is 35.1. The molecule has 1 aliphatic carbocycles. The Kier molecular flexibility index (Phi) is 4.75. The van der Waals surface area contributed by atoms with Gasteiger partial charge in [-0.3, -0.25) is 4.90 Å². The second kappa shape index (κ2) is 7.96. The summed E-state index contributed by atoms with van der Waals surface area (Å²) in [5.74, 6) is -1.31. The van der Waals surface area contributed by atoms with Crippen molar-refractivity contribution >= 4 is 39.9 Å². The van der Waals surface area contributed by atoms with Crippen molar-refractivity contribution in [3.63, 3.8) is 0 Å². The van der Waals surface area contributed by atoms with Crippen LogP contribution in [0.4, 0.5) is 19.0 Å². The Bertz CT molecular complexity index is 1200. The number of hydrogen-bond donors (Lipinski definition) is 0. The van der Waals surface area contributed by atoms with E-state index in [1.165, 1.54) is 0 Å². The number of fused-ring (bicyclic) bond motifs is 3. The molecule has 0 spiro atoms. The molecule has 1 saturated carbocycles. The minimum absolute atomic E-state index is 0.0200. The summed E-state index contributed by atoms with van der Waals surface area (Å²) in [7, 11) is 0. The van der Waals surface area contributed by atoms with E-state index >= 15 is 4.39 Å². The molecule has 0 aromatic carbocycles. The summed E-state index contributed by atoms with van der Waals surface area (Å²) >= 11 is 12.2. The van der Waals surface area contributed by atoms with Gasteiger partial charge in [0.05, 0.1) is 32.9 Å². The molecule has 0 unspecified atom stereocenters. The summed E-state index contributed by atoms with van der Waals surface area (Å²) in [6.07, 6.45) is -1.31. The number of halogens is 5. The lowest BCUT2D eigenvalue weighted by Crippen LogP contribution is -2.43. The van der Waals surface area contributed by atoms with Crippen LogP contribution in [0.3, 0.4) is 0 Å². The molecule has 3 aliphatic heterocycles. The molecule has 0 radical (unpaired) electrons. The smallest absolute Gasteiger partial charge is 0.319 e.